The first-order valence-corrected chi connectivity index (χ1v) is 11.4. The highest BCUT2D eigenvalue weighted by Gasteiger charge is 2.27. The molecule has 2 aliphatic rings. The molecule has 3 aromatic heterocycles. The van der Waals surface area contributed by atoms with E-state index in [1.165, 1.54) is 6.33 Å². The van der Waals surface area contributed by atoms with Crippen LogP contribution >= 0.6 is 0 Å². The van der Waals surface area contributed by atoms with Gasteiger partial charge < -0.3 is 9.84 Å². The number of rotatable bonds is 5. The maximum Gasteiger partial charge on any atom is 0.225 e. The highest BCUT2D eigenvalue weighted by atomic mass is 16.5. The second kappa shape index (κ2) is 8.23. The monoisotopic (exact) mass is 458 g/mol. The molecule has 0 fully saturated rings. The van der Waals surface area contributed by atoms with Gasteiger partial charge in [0.2, 0.25) is 5.91 Å². The minimum Gasteiger partial charge on any atom is -0.360 e. The van der Waals surface area contributed by atoms with E-state index < -0.39 is 0 Å². The van der Waals surface area contributed by atoms with Crippen LogP contribution in [-0.2, 0) is 23.1 Å². The molecule has 9 heteroatoms. The molecule has 5 heterocycles. The van der Waals surface area contributed by atoms with Crippen LogP contribution in [0.5, 0.6) is 0 Å². The Morgan fingerprint density at radius 2 is 2.00 bits per heavy atom. The molecular formula is C25H26N6O3. The van der Waals surface area contributed by atoms with Gasteiger partial charge in [-0.2, -0.15) is 0 Å². The molecule has 0 aliphatic carbocycles. The van der Waals surface area contributed by atoms with E-state index in [4.69, 9.17) is 9.52 Å². The minimum atomic E-state index is -0.198. The van der Waals surface area contributed by atoms with Crippen LogP contribution in [0.25, 0.3) is 0 Å². The zero-order valence-electron chi connectivity index (χ0n) is 19.7. The molecule has 0 unspecified atom stereocenters. The molecule has 34 heavy (non-hydrogen) atoms. The Bertz CT molecular complexity index is 1330. The van der Waals surface area contributed by atoms with Crippen molar-refractivity contribution in [3.8, 4) is 0 Å². The Balaban J connectivity index is 1.30. The number of amides is 1. The fraction of sp³-hybridized carbons (Fsp3) is 0.400. The van der Waals surface area contributed by atoms with E-state index in [0.29, 0.717) is 47.8 Å². The van der Waals surface area contributed by atoms with E-state index in [0.717, 1.165) is 22.7 Å². The van der Waals surface area contributed by atoms with Crippen LogP contribution < -0.4 is 5.32 Å². The number of nitrogens with one attached hydrogen (secondary N) is 1. The molecule has 174 valence electrons. The minimum absolute atomic E-state index is 0.0324. The van der Waals surface area contributed by atoms with Crippen molar-refractivity contribution < 1.29 is 14.1 Å². The Morgan fingerprint density at radius 1 is 1.18 bits per heavy atom. The molecule has 0 aromatic carbocycles. The predicted molar refractivity (Wildman–Crippen MR) is 126 cm³/mol. The maximum atomic E-state index is 13.0. The van der Waals surface area contributed by atoms with Gasteiger partial charge in [-0.15, -0.1) is 0 Å². The van der Waals surface area contributed by atoms with Gasteiger partial charge >= 0.3 is 0 Å². The van der Waals surface area contributed by atoms with E-state index in [9.17, 15) is 9.59 Å². The molecule has 0 saturated heterocycles. The molecule has 3 aromatic rings. The molecule has 1 atom stereocenters. The third-order valence-electron chi connectivity index (χ3n) is 6.22. The number of fused-ring (bicyclic) bond motifs is 2. The Labute approximate surface area is 197 Å². The Hall–Kier alpha value is -3.75. The summed E-state index contributed by atoms with van der Waals surface area (Å²) in [7, 11) is 0. The second-order valence-corrected chi connectivity index (χ2v) is 9.92. The number of anilines is 1. The van der Waals surface area contributed by atoms with E-state index in [1.54, 1.807) is 0 Å². The van der Waals surface area contributed by atoms with Crippen molar-refractivity contribution in [2.45, 2.75) is 64.7 Å². The van der Waals surface area contributed by atoms with Crippen molar-refractivity contribution in [3.05, 3.63) is 58.6 Å². The van der Waals surface area contributed by atoms with Gasteiger partial charge in [0.1, 0.15) is 29.3 Å². The van der Waals surface area contributed by atoms with E-state index >= 15 is 0 Å². The molecule has 1 N–H and O–H groups in total. The Kier molecular flexibility index (Phi) is 5.34. The lowest BCUT2D eigenvalue weighted by molar-refractivity contribution is -0.116. The first-order valence-electron chi connectivity index (χ1n) is 11.4. The van der Waals surface area contributed by atoms with Crippen LogP contribution in [0.1, 0.15) is 85.2 Å². The zero-order chi connectivity index (χ0) is 24.0. The Morgan fingerprint density at radius 3 is 2.79 bits per heavy atom. The average molecular weight is 459 g/mol. The number of aliphatic imine (C=N–C) groups is 1. The fourth-order valence-corrected chi connectivity index (χ4v) is 4.22. The van der Waals surface area contributed by atoms with Crippen molar-refractivity contribution in [3.63, 3.8) is 0 Å². The van der Waals surface area contributed by atoms with Crippen LogP contribution in [0.2, 0.25) is 0 Å². The maximum absolute atomic E-state index is 13.0. The third kappa shape index (κ3) is 4.13. The van der Waals surface area contributed by atoms with Gasteiger partial charge in [0.25, 0.3) is 0 Å². The molecule has 9 nitrogen and oxygen atoms in total. The summed E-state index contributed by atoms with van der Waals surface area (Å²) in [5, 5.41) is 6.93. The van der Waals surface area contributed by atoms with Gasteiger partial charge in [0.05, 0.1) is 17.6 Å². The summed E-state index contributed by atoms with van der Waals surface area (Å²) in [6, 6.07) is 3.97. The van der Waals surface area contributed by atoms with Crippen molar-refractivity contribution in [1.29, 1.82) is 0 Å². The highest BCUT2D eigenvalue weighted by molar-refractivity contribution is 6.05. The quantitative estimate of drug-likeness (QED) is 0.571. The topological polar surface area (TPSA) is 123 Å². The zero-order valence-corrected chi connectivity index (χ0v) is 19.7. The number of carbonyl (C=O) groups is 2. The number of hydrogen-bond acceptors (Lipinski definition) is 8. The van der Waals surface area contributed by atoms with Gasteiger partial charge in [-0.25, -0.2) is 15.0 Å². The number of aromatic nitrogens is 4. The molecule has 1 amide bonds. The first kappa shape index (κ1) is 22.1. The van der Waals surface area contributed by atoms with Crippen LogP contribution in [0.4, 0.5) is 11.5 Å². The van der Waals surface area contributed by atoms with Crippen LogP contribution in [0.3, 0.4) is 0 Å². The van der Waals surface area contributed by atoms with Crippen molar-refractivity contribution in [2.75, 3.05) is 5.32 Å². The molecule has 2 aliphatic heterocycles. The van der Waals surface area contributed by atoms with Gasteiger partial charge in [0, 0.05) is 47.9 Å². The normalized spacial score (nSPS) is 15.9. The second-order valence-electron chi connectivity index (χ2n) is 9.92. The standard InChI is InChI=1S/C25H26N6O3/c1-13(7-19(32)23-15-5-6-22(33)30-24(15)28-12-27-23)20-10-17(31-34-20)16-8-14-9-21(25(2,3)4)26-11-18(14)29-16/h9-13H,5-8H2,1-4H3,(H,27,28,30,33)/t13-/m0/s1. The van der Waals surface area contributed by atoms with Crippen LogP contribution in [0.15, 0.2) is 34.2 Å². The summed E-state index contributed by atoms with van der Waals surface area (Å²) in [5.41, 5.74) is 5.53. The molecule has 0 bridgehead atoms. The summed E-state index contributed by atoms with van der Waals surface area (Å²) in [4.78, 5) is 42.2. The van der Waals surface area contributed by atoms with Gasteiger partial charge in [0.15, 0.2) is 5.78 Å². The molecule has 0 spiro atoms. The third-order valence-corrected chi connectivity index (χ3v) is 6.22. The lowest BCUT2D eigenvalue weighted by atomic mass is 9.90. The number of ketones is 1. The molecule has 5 rings (SSSR count). The molecular weight excluding hydrogens is 432 g/mol. The van der Waals surface area contributed by atoms with Crippen molar-refractivity contribution in [2.24, 2.45) is 4.99 Å². The number of pyridine rings is 1. The van der Waals surface area contributed by atoms with Crippen molar-refractivity contribution in [1.82, 2.24) is 20.1 Å². The number of Topliss-reactive ketones (excluding diaryl/α,β-unsaturated/α-hetero) is 1. The van der Waals surface area contributed by atoms with Crippen molar-refractivity contribution >= 4 is 28.9 Å². The predicted octanol–water partition coefficient (Wildman–Crippen LogP) is 4.10. The summed E-state index contributed by atoms with van der Waals surface area (Å²) < 4.78 is 5.59. The van der Waals surface area contributed by atoms with Gasteiger partial charge in [-0.1, -0.05) is 32.9 Å². The van der Waals surface area contributed by atoms with Gasteiger partial charge in [-0.05, 0) is 18.1 Å². The average Bonchev–Trinajstić information content (AvgIpc) is 3.44. The largest absolute Gasteiger partial charge is 0.360 e. The van der Waals surface area contributed by atoms with Crippen LogP contribution in [-0.4, -0.2) is 37.5 Å². The SMILES string of the molecule is C[C@@H](CC(=O)c1ncnc2c1CCC(=O)N2)c1cc(C2=Nc3cnc(C(C)(C)C)cc3C2)no1. The fourth-order valence-electron chi connectivity index (χ4n) is 4.22. The lowest BCUT2D eigenvalue weighted by Crippen LogP contribution is -2.23. The number of nitrogens with zero attached hydrogens (tertiary/aromatic N) is 5. The van der Waals surface area contributed by atoms with Gasteiger partial charge in [-0.3, -0.25) is 14.6 Å². The number of hydrogen-bond donors (Lipinski definition) is 1. The molecule has 0 radical (unpaired) electrons. The van der Waals surface area contributed by atoms with Crippen LogP contribution in [0, 0.1) is 0 Å². The summed E-state index contributed by atoms with van der Waals surface area (Å²) in [6.45, 7) is 8.33. The summed E-state index contributed by atoms with van der Waals surface area (Å²) in [5.74, 6) is 0.621. The first-order chi connectivity index (χ1) is 16.2. The highest BCUT2D eigenvalue weighted by Crippen LogP contribution is 2.33. The number of carbonyl (C=O) groups excluding carboxylic acids is 2. The lowest BCUT2D eigenvalue weighted by Gasteiger charge is -2.18. The summed E-state index contributed by atoms with van der Waals surface area (Å²) >= 11 is 0. The van der Waals surface area contributed by atoms with E-state index in [2.05, 4.69) is 52.3 Å². The molecule has 0 saturated carbocycles. The smallest absolute Gasteiger partial charge is 0.225 e. The van der Waals surface area contributed by atoms with E-state index in [-0.39, 0.29) is 29.4 Å². The van der Waals surface area contributed by atoms with E-state index in [1.807, 2.05) is 19.2 Å². The summed E-state index contributed by atoms with van der Waals surface area (Å²) in [6.07, 6.45) is 4.77.